The van der Waals surface area contributed by atoms with Crippen molar-refractivity contribution in [1.29, 1.82) is 0 Å². The quantitative estimate of drug-likeness (QED) is 0.0499. The van der Waals surface area contributed by atoms with Gasteiger partial charge in [-0.05, 0) is 58.6 Å². The van der Waals surface area contributed by atoms with Crippen LogP contribution in [0.15, 0.2) is 57.9 Å². The maximum atomic E-state index is 7.26. The number of hydrogen-bond donors (Lipinski definition) is 0. The number of hydrogen-bond acceptors (Lipinski definition) is 8. The Balaban J connectivity index is 1.18. The maximum absolute atomic E-state index is 7.26. The minimum Gasteiger partial charge on any atom is -0.489 e. The summed E-state index contributed by atoms with van der Waals surface area (Å²) in [6, 6.07) is 13.8. The molecule has 300 valence electrons. The minimum absolute atomic E-state index is 0.716. The summed E-state index contributed by atoms with van der Waals surface area (Å²) in [7, 11) is 0. The smallest absolute Gasteiger partial charge is 0.171 e. The van der Waals surface area contributed by atoms with Crippen LogP contribution < -0.4 is 9.47 Å². The molecule has 6 heterocycles. The molecular formula is C50H52O2S6. The Hall–Kier alpha value is -2.98. The summed E-state index contributed by atoms with van der Waals surface area (Å²) in [5, 5.41) is 22.8. The summed E-state index contributed by atoms with van der Waals surface area (Å²) in [6.07, 6.45) is 20.6. The highest BCUT2D eigenvalue weighted by Gasteiger charge is 2.33. The second-order valence-corrected chi connectivity index (χ2v) is 21.9. The number of ether oxygens (including phenoxy) is 2. The number of unbranched alkanes of at least 4 members (excludes halogenated alkanes) is 14. The first-order chi connectivity index (χ1) is 28.8. The zero-order valence-corrected chi connectivity index (χ0v) is 38.7. The molecule has 0 bridgehead atoms. The highest BCUT2D eigenvalue weighted by molar-refractivity contribution is 7.34. The predicted molar refractivity (Wildman–Crippen MR) is 266 cm³/mol. The summed E-state index contributed by atoms with van der Waals surface area (Å²) in [4.78, 5) is 5.53. The number of rotatable bonds is 22. The van der Waals surface area contributed by atoms with Gasteiger partial charge in [-0.15, -0.1) is 68.0 Å². The topological polar surface area (TPSA) is 18.5 Å². The lowest BCUT2D eigenvalue weighted by atomic mass is 9.87. The molecule has 58 heavy (non-hydrogen) atoms. The van der Waals surface area contributed by atoms with Crippen LogP contribution in [-0.4, -0.2) is 13.2 Å². The first-order valence-electron chi connectivity index (χ1n) is 21.9. The average Bonchev–Trinajstić information content (AvgIpc) is 4.09. The van der Waals surface area contributed by atoms with Gasteiger partial charge >= 0.3 is 0 Å². The van der Waals surface area contributed by atoms with Crippen LogP contribution in [0.5, 0.6) is 11.5 Å². The van der Waals surface area contributed by atoms with Gasteiger partial charge < -0.3 is 9.47 Å². The zero-order valence-electron chi connectivity index (χ0n) is 33.8. The summed E-state index contributed by atoms with van der Waals surface area (Å²) < 4.78 is 20.0. The van der Waals surface area contributed by atoms with Crippen LogP contribution in [0.4, 0.5) is 0 Å². The fraction of sp³-hybridized carbons (Fsp3) is 0.400. The van der Waals surface area contributed by atoms with Crippen LogP contribution in [0.3, 0.4) is 0 Å². The third kappa shape index (κ3) is 6.82. The van der Waals surface area contributed by atoms with E-state index in [1.165, 1.54) is 182 Å². The van der Waals surface area contributed by atoms with Gasteiger partial charge in [-0.2, -0.15) is 0 Å². The fourth-order valence-corrected chi connectivity index (χ4v) is 15.9. The van der Waals surface area contributed by atoms with Gasteiger partial charge in [0.15, 0.2) is 11.5 Å². The summed E-state index contributed by atoms with van der Waals surface area (Å²) in [5.41, 5.74) is 0. The second-order valence-electron chi connectivity index (χ2n) is 16.1. The maximum Gasteiger partial charge on any atom is 0.171 e. The molecule has 6 aromatic heterocycles. The highest BCUT2D eigenvalue weighted by Crippen LogP contribution is 2.63. The van der Waals surface area contributed by atoms with Crippen LogP contribution in [-0.2, 0) is 0 Å². The fourth-order valence-electron chi connectivity index (χ4n) is 9.47. The van der Waals surface area contributed by atoms with E-state index in [0.717, 1.165) is 24.3 Å². The van der Waals surface area contributed by atoms with Crippen LogP contribution in [0.2, 0.25) is 0 Å². The van der Waals surface area contributed by atoms with E-state index >= 15 is 0 Å². The molecule has 2 nitrogen and oxygen atoms in total. The van der Waals surface area contributed by atoms with E-state index < -0.39 is 0 Å². The lowest BCUT2D eigenvalue weighted by molar-refractivity contribution is 0.264. The molecule has 10 aromatic rings. The van der Waals surface area contributed by atoms with Crippen molar-refractivity contribution in [3.63, 3.8) is 0 Å². The Morgan fingerprint density at radius 2 is 0.793 bits per heavy atom. The molecular weight excluding hydrogens is 825 g/mol. The largest absolute Gasteiger partial charge is 0.489 e. The van der Waals surface area contributed by atoms with Crippen LogP contribution >= 0.6 is 68.0 Å². The minimum atomic E-state index is 0.716. The Labute approximate surface area is 366 Å². The molecule has 4 aromatic carbocycles. The van der Waals surface area contributed by atoms with E-state index in [9.17, 15) is 0 Å². The van der Waals surface area contributed by atoms with Gasteiger partial charge in [0, 0.05) is 73.0 Å². The molecule has 0 saturated carbocycles. The van der Waals surface area contributed by atoms with Gasteiger partial charge in [0.25, 0.3) is 0 Å². The lowest BCUT2D eigenvalue weighted by Gasteiger charge is -2.22. The summed E-state index contributed by atoms with van der Waals surface area (Å²) >= 11 is 11.5. The normalized spacial score (nSPS) is 12.5. The third-order valence-electron chi connectivity index (χ3n) is 12.2. The average molecular weight is 877 g/mol. The van der Waals surface area contributed by atoms with Gasteiger partial charge in [0.05, 0.1) is 32.4 Å². The van der Waals surface area contributed by atoms with E-state index in [-0.39, 0.29) is 0 Å². The van der Waals surface area contributed by atoms with Crippen LogP contribution in [0, 0.1) is 0 Å². The van der Waals surface area contributed by atoms with E-state index in [2.05, 4.69) is 71.8 Å². The molecule has 0 radical (unpaired) electrons. The van der Waals surface area contributed by atoms with Crippen molar-refractivity contribution in [2.75, 3.05) is 13.2 Å². The Bertz CT molecular complexity index is 2680. The second kappa shape index (κ2) is 17.6. The summed E-state index contributed by atoms with van der Waals surface area (Å²) in [6.45, 7) is 6.03. The van der Waals surface area contributed by atoms with Gasteiger partial charge in [-0.1, -0.05) is 116 Å². The van der Waals surface area contributed by atoms with Crippen molar-refractivity contribution in [1.82, 2.24) is 0 Å². The molecule has 0 N–H and O–H groups in total. The molecule has 0 aliphatic rings. The van der Waals surface area contributed by atoms with Crippen LogP contribution in [0.1, 0.15) is 117 Å². The standard InChI is InChI=1S/C50H52O2S6/c1-3-5-7-9-11-13-15-17-25-51-43-41-37-38-40-36(32-24-30-56-46(32)42(38)44(43)52-26-18-16-14-12-10-8-6-4-2)48(34-22-20-28-54-34)58-50(40)49-39(37)35(31-23-29-55-45(31)41)47(57-49)33-21-19-27-53-33/h19-24,27-30H,3-18,25-26H2,1-2H3. The molecule has 8 heteroatoms. The SMILES string of the molecule is CCCCCCCCCCOc1c(OCCCCCCCCCC)c2c3sccc3c3c(-c4cccs4)sc4c5sc(-c6cccs6)c6c7ccsc7c1c(c56)c2c43. The molecule has 0 fully saturated rings. The Kier molecular flexibility index (Phi) is 11.9. The van der Waals surface area contributed by atoms with Gasteiger partial charge in [-0.3, -0.25) is 0 Å². The molecule has 0 atom stereocenters. The van der Waals surface area contributed by atoms with E-state index in [1.807, 2.05) is 68.0 Å². The molecule has 0 unspecified atom stereocenters. The molecule has 10 rings (SSSR count). The monoisotopic (exact) mass is 876 g/mol. The first kappa shape index (κ1) is 39.2. The number of fused-ring (bicyclic) bond motifs is 7. The van der Waals surface area contributed by atoms with Crippen molar-refractivity contribution in [3.8, 4) is 31.0 Å². The van der Waals surface area contributed by atoms with Crippen molar-refractivity contribution < 1.29 is 9.47 Å². The Morgan fingerprint density at radius 3 is 1.19 bits per heavy atom. The first-order valence-corrected chi connectivity index (χ1v) is 27.0. The van der Waals surface area contributed by atoms with Gasteiger partial charge in [0.1, 0.15) is 0 Å². The number of thiophene rings is 6. The highest BCUT2D eigenvalue weighted by atomic mass is 32.1. The third-order valence-corrected chi connectivity index (χ3v) is 18.7. The number of benzene rings is 4. The van der Waals surface area contributed by atoms with E-state index in [1.54, 1.807) is 0 Å². The van der Waals surface area contributed by atoms with E-state index in [4.69, 9.17) is 9.47 Å². The zero-order chi connectivity index (χ0) is 39.0. The molecule has 0 saturated heterocycles. The molecule has 0 aliphatic heterocycles. The molecule has 0 amide bonds. The van der Waals surface area contributed by atoms with Crippen molar-refractivity contribution in [2.45, 2.75) is 117 Å². The molecule has 0 spiro atoms. The van der Waals surface area contributed by atoms with Gasteiger partial charge in [-0.25, -0.2) is 0 Å². The predicted octanol–water partition coefficient (Wildman–Crippen LogP) is 19.4. The van der Waals surface area contributed by atoms with Crippen molar-refractivity contribution in [3.05, 3.63) is 57.9 Å². The molecule has 0 aliphatic carbocycles. The van der Waals surface area contributed by atoms with Crippen molar-refractivity contribution in [2.24, 2.45) is 0 Å². The summed E-state index contributed by atoms with van der Waals surface area (Å²) in [5.74, 6) is 1.97. The van der Waals surface area contributed by atoms with Crippen molar-refractivity contribution >= 4 is 141 Å². The van der Waals surface area contributed by atoms with Gasteiger partial charge in [0.2, 0.25) is 0 Å². The Morgan fingerprint density at radius 1 is 0.379 bits per heavy atom. The van der Waals surface area contributed by atoms with E-state index in [0.29, 0.717) is 13.2 Å². The van der Waals surface area contributed by atoms with Crippen LogP contribution in [0.25, 0.3) is 92.2 Å². The lowest BCUT2D eigenvalue weighted by Crippen LogP contribution is -2.05.